The number of carbonyl (C=O) groups is 3. The Morgan fingerprint density at radius 1 is 0.939 bits per heavy atom. The van der Waals surface area contributed by atoms with Gasteiger partial charge in [0, 0.05) is 11.8 Å². The lowest BCUT2D eigenvalue weighted by molar-refractivity contribution is -0.418. The Labute approximate surface area is 180 Å². The molecule has 5 aliphatic rings. The predicted octanol–water partition coefficient (Wildman–Crippen LogP) is 2.38. The van der Waals surface area contributed by atoms with Crippen molar-refractivity contribution in [3.63, 3.8) is 0 Å². The fourth-order valence-corrected chi connectivity index (χ4v) is 5.68. The van der Waals surface area contributed by atoms with Gasteiger partial charge in [-0.25, -0.2) is 0 Å². The van der Waals surface area contributed by atoms with Crippen molar-refractivity contribution < 1.29 is 64.1 Å². The highest BCUT2D eigenvalue weighted by Gasteiger charge is 2.78. The van der Waals surface area contributed by atoms with Crippen LogP contribution in [0.15, 0.2) is 12.2 Å². The maximum atomic E-state index is 14.0. The molecule has 0 aromatic heterocycles. The van der Waals surface area contributed by atoms with Crippen LogP contribution >= 0.6 is 0 Å². The summed E-state index contributed by atoms with van der Waals surface area (Å²) >= 11 is 0. The van der Waals surface area contributed by atoms with Crippen LogP contribution in [0.4, 0.5) is 30.7 Å². The van der Waals surface area contributed by atoms with Crippen molar-refractivity contribution in [1.29, 1.82) is 0 Å². The van der Waals surface area contributed by atoms with E-state index in [1.165, 1.54) is 0 Å². The minimum Gasteiger partial charge on any atom is -0.458 e. The molecule has 3 heterocycles. The quantitative estimate of drug-likeness (QED) is 0.260. The van der Waals surface area contributed by atoms with Gasteiger partial charge >= 0.3 is 36.1 Å². The van der Waals surface area contributed by atoms with Crippen LogP contribution < -0.4 is 0 Å². The molecule has 2 saturated carbocycles. The average molecular weight is 488 g/mol. The number of hydrogen-bond donors (Lipinski definition) is 0. The molecule has 0 aromatic carbocycles. The summed E-state index contributed by atoms with van der Waals surface area (Å²) in [6.45, 7) is 0. The molecule has 33 heavy (non-hydrogen) atoms. The summed E-state index contributed by atoms with van der Waals surface area (Å²) in [5, 5.41) is 0. The third-order valence-corrected chi connectivity index (χ3v) is 7.07. The van der Waals surface area contributed by atoms with Crippen LogP contribution in [0.25, 0.3) is 0 Å². The summed E-state index contributed by atoms with van der Waals surface area (Å²) in [7, 11) is 0. The van der Waals surface area contributed by atoms with E-state index < -0.39 is 84.0 Å². The zero-order valence-corrected chi connectivity index (χ0v) is 16.3. The average Bonchev–Trinajstić information content (AvgIpc) is 3.47. The molecule has 0 spiro atoms. The maximum Gasteiger partial charge on any atom is 0.470 e. The summed E-state index contributed by atoms with van der Waals surface area (Å²) in [4.78, 5) is 37.3. The van der Waals surface area contributed by atoms with E-state index in [0.29, 0.717) is 6.42 Å². The van der Waals surface area contributed by atoms with Crippen molar-refractivity contribution in [2.75, 3.05) is 0 Å². The highest BCUT2D eigenvalue weighted by Crippen LogP contribution is 2.60. The first-order valence-corrected chi connectivity index (χ1v) is 10.0. The molecule has 0 aromatic rings. The van der Waals surface area contributed by atoms with Gasteiger partial charge in [0.15, 0.2) is 0 Å². The maximum absolute atomic E-state index is 14.0. The third-order valence-electron chi connectivity index (χ3n) is 7.07. The van der Waals surface area contributed by atoms with Crippen LogP contribution in [0.5, 0.6) is 0 Å². The fourth-order valence-electron chi connectivity index (χ4n) is 5.68. The van der Waals surface area contributed by atoms with Gasteiger partial charge in [-0.15, -0.1) is 0 Å². The van der Waals surface area contributed by atoms with Crippen LogP contribution in [0.1, 0.15) is 12.8 Å². The van der Waals surface area contributed by atoms with Crippen LogP contribution in [-0.4, -0.2) is 60.5 Å². The summed E-state index contributed by atoms with van der Waals surface area (Å²) in [5.74, 6) is -16.3. The van der Waals surface area contributed by atoms with E-state index in [2.05, 4.69) is 4.74 Å². The second-order valence-electron chi connectivity index (χ2n) is 8.80. The molecule has 4 bridgehead atoms. The zero-order chi connectivity index (χ0) is 24.1. The van der Waals surface area contributed by atoms with Crippen molar-refractivity contribution in [2.45, 2.75) is 55.5 Å². The third kappa shape index (κ3) is 3.08. The minimum absolute atomic E-state index is 0.0524. The molecule has 2 aliphatic carbocycles. The standard InChI is InChI=1S/C19H15F7O7/c20-17(18(21,22)23,19(24,25)26)33-16(29)11-8-4-7-10(11)15(28)32-13(7)12(8)31-14(27)6-3-5-1-2-9(6)30-5/h1-2,5-13H,3-4H2. The number of ether oxygens (including phenoxy) is 4. The highest BCUT2D eigenvalue weighted by molar-refractivity contribution is 5.86. The van der Waals surface area contributed by atoms with Gasteiger partial charge in [0.1, 0.15) is 12.2 Å². The molecule has 5 rings (SSSR count). The Hall–Kier alpha value is -2.38. The van der Waals surface area contributed by atoms with E-state index in [0.717, 1.165) is 0 Å². The van der Waals surface area contributed by atoms with Gasteiger partial charge < -0.3 is 18.9 Å². The van der Waals surface area contributed by atoms with Gasteiger partial charge in [-0.3, -0.25) is 14.4 Å². The molecule has 7 nitrogen and oxygen atoms in total. The molecule has 0 radical (unpaired) electrons. The van der Waals surface area contributed by atoms with Crippen molar-refractivity contribution in [3.05, 3.63) is 12.2 Å². The predicted molar refractivity (Wildman–Crippen MR) is 86.3 cm³/mol. The molecule has 2 saturated heterocycles. The van der Waals surface area contributed by atoms with E-state index >= 15 is 0 Å². The van der Waals surface area contributed by atoms with Gasteiger partial charge in [-0.1, -0.05) is 12.2 Å². The normalized spacial score (nSPS) is 40.9. The zero-order valence-electron chi connectivity index (χ0n) is 16.3. The fraction of sp³-hybridized carbons (Fsp3) is 0.737. The van der Waals surface area contributed by atoms with Crippen LogP contribution in [0, 0.1) is 29.6 Å². The topological polar surface area (TPSA) is 88.1 Å². The molecule has 9 atom stereocenters. The lowest BCUT2D eigenvalue weighted by Gasteiger charge is -2.34. The molecule has 0 N–H and O–H groups in total. The molecule has 14 heteroatoms. The lowest BCUT2D eigenvalue weighted by Crippen LogP contribution is -2.57. The van der Waals surface area contributed by atoms with E-state index in [9.17, 15) is 45.1 Å². The first-order valence-electron chi connectivity index (χ1n) is 10.0. The van der Waals surface area contributed by atoms with Crippen molar-refractivity contribution >= 4 is 17.9 Å². The number of fused-ring (bicyclic) bond motifs is 3. The van der Waals surface area contributed by atoms with Crippen LogP contribution in [0.2, 0.25) is 0 Å². The summed E-state index contributed by atoms with van der Waals surface area (Å²) in [6.07, 6.45) is -12.7. The summed E-state index contributed by atoms with van der Waals surface area (Å²) in [6, 6.07) is 0. The second-order valence-corrected chi connectivity index (χ2v) is 8.80. The summed E-state index contributed by atoms with van der Waals surface area (Å²) in [5.41, 5.74) is 0. The molecule has 9 unspecified atom stereocenters. The van der Waals surface area contributed by atoms with Gasteiger partial charge in [0.25, 0.3) is 0 Å². The first kappa shape index (κ1) is 22.4. The van der Waals surface area contributed by atoms with Gasteiger partial charge in [0.2, 0.25) is 0 Å². The van der Waals surface area contributed by atoms with E-state index in [-0.39, 0.29) is 12.5 Å². The largest absolute Gasteiger partial charge is 0.470 e. The van der Waals surface area contributed by atoms with E-state index in [1.807, 2.05) is 0 Å². The second kappa shape index (κ2) is 6.83. The monoisotopic (exact) mass is 488 g/mol. The van der Waals surface area contributed by atoms with E-state index in [4.69, 9.17) is 14.2 Å². The van der Waals surface area contributed by atoms with Gasteiger partial charge in [-0.05, 0) is 12.8 Å². The molecule has 182 valence electrons. The smallest absolute Gasteiger partial charge is 0.458 e. The Bertz CT molecular complexity index is 914. The van der Waals surface area contributed by atoms with Crippen LogP contribution in [0.3, 0.4) is 0 Å². The number of rotatable bonds is 4. The minimum atomic E-state index is -6.61. The first-order chi connectivity index (χ1) is 15.2. The number of esters is 3. The Balaban J connectivity index is 1.37. The Morgan fingerprint density at radius 3 is 2.15 bits per heavy atom. The van der Waals surface area contributed by atoms with Crippen molar-refractivity contribution in [1.82, 2.24) is 0 Å². The summed E-state index contributed by atoms with van der Waals surface area (Å²) < 4.78 is 110. The number of halogens is 7. The number of carbonyl (C=O) groups excluding carboxylic acids is 3. The van der Waals surface area contributed by atoms with Crippen LogP contribution in [-0.2, 0) is 33.3 Å². The molecule has 3 aliphatic heterocycles. The van der Waals surface area contributed by atoms with E-state index in [1.54, 1.807) is 12.2 Å². The molecule has 0 amide bonds. The Morgan fingerprint density at radius 2 is 1.61 bits per heavy atom. The number of alkyl halides is 7. The van der Waals surface area contributed by atoms with Gasteiger partial charge in [0.05, 0.1) is 30.0 Å². The Kier molecular flexibility index (Phi) is 4.64. The number of hydrogen-bond acceptors (Lipinski definition) is 7. The molecular weight excluding hydrogens is 473 g/mol. The highest BCUT2D eigenvalue weighted by atomic mass is 19.4. The van der Waals surface area contributed by atoms with Gasteiger partial charge in [-0.2, -0.15) is 30.7 Å². The molecule has 4 fully saturated rings. The molecular formula is C19H15F7O7. The van der Waals surface area contributed by atoms with Crippen molar-refractivity contribution in [3.8, 4) is 0 Å². The van der Waals surface area contributed by atoms with Crippen molar-refractivity contribution in [2.24, 2.45) is 29.6 Å². The lowest BCUT2D eigenvalue weighted by atomic mass is 9.78. The SMILES string of the molecule is O=C(OC1C2CC3C1OC(=O)C3C2C(=O)OC(F)(C(F)(F)F)C(F)(F)F)C1CC2C=CC1O2.